The van der Waals surface area contributed by atoms with E-state index in [1.807, 2.05) is 48.5 Å². The van der Waals surface area contributed by atoms with Crippen molar-refractivity contribution in [1.29, 1.82) is 0 Å². The van der Waals surface area contributed by atoms with Crippen LogP contribution in [-0.4, -0.2) is 35.9 Å². The molecule has 0 amide bonds. The molecule has 0 aliphatic heterocycles. The van der Waals surface area contributed by atoms with Gasteiger partial charge in [-0.15, -0.1) is 0 Å². The van der Waals surface area contributed by atoms with E-state index in [1.165, 1.54) is 167 Å². The van der Waals surface area contributed by atoms with Crippen molar-refractivity contribution in [1.82, 2.24) is 0 Å². The molecule has 0 aromatic heterocycles. The summed E-state index contributed by atoms with van der Waals surface area (Å²) in [5.41, 5.74) is 2.76. The normalized spacial score (nSPS) is 11.6. The van der Waals surface area contributed by atoms with Crippen molar-refractivity contribution in [3.05, 3.63) is 71.8 Å². The highest BCUT2D eigenvalue weighted by Crippen LogP contribution is 2.26. The summed E-state index contributed by atoms with van der Waals surface area (Å²) in [6.45, 7) is 5.89. The van der Waals surface area contributed by atoms with E-state index in [2.05, 4.69) is 23.8 Å². The molecule has 6 nitrogen and oxygen atoms in total. The molecule has 0 saturated carbocycles. The summed E-state index contributed by atoms with van der Waals surface area (Å²) in [5, 5.41) is 21.1. The Morgan fingerprint density at radius 3 is 0.931 bits per heavy atom. The molecule has 0 aliphatic carbocycles. The molecule has 3 aromatic rings. The second-order valence-corrected chi connectivity index (χ2v) is 16.4. The summed E-state index contributed by atoms with van der Waals surface area (Å²) < 4.78 is 11.8. The van der Waals surface area contributed by atoms with Crippen LogP contribution in [0.2, 0.25) is 0 Å². The molecule has 0 fully saturated rings. The van der Waals surface area contributed by atoms with Crippen LogP contribution < -0.4 is 9.47 Å². The molecule has 0 atom stereocenters. The second kappa shape index (κ2) is 33.1. The molecule has 0 heterocycles. The van der Waals surface area contributed by atoms with Crippen LogP contribution in [0.4, 0.5) is 11.4 Å². The number of benzene rings is 3. The van der Waals surface area contributed by atoms with Crippen LogP contribution in [0.3, 0.4) is 0 Å². The summed E-state index contributed by atoms with van der Waals surface area (Å²) in [6.07, 6.45) is 40.7. The molecule has 0 radical (unpaired) electrons. The molecule has 0 aliphatic rings. The van der Waals surface area contributed by atoms with Gasteiger partial charge in [0.1, 0.15) is 23.0 Å². The van der Waals surface area contributed by atoms with E-state index < -0.39 is 0 Å². The summed E-state index contributed by atoms with van der Waals surface area (Å²) >= 11 is 0. The number of hydrogen-bond donors (Lipinski definition) is 2. The first-order valence-corrected chi connectivity index (χ1v) is 23.7. The maximum atomic E-state index is 10.6. The standard InChI is InChI=1S/C52H80N2O4/c1-3-5-7-9-11-13-15-17-19-21-23-25-27-29-39-57-49-37-31-45(51(55)41-49)43-53-47-33-35-48(36-34-47)54-44-46-32-38-50(42-52(46)56)58-40-30-28-26-24-22-20-18-16-14-12-10-8-6-4-2/h31-38,41-44,55-56H,3-30,39-40H2,1-2H3. The number of rotatable bonds is 36. The van der Waals surface area contributed by atoms with Gasteiger partial charge in [-0.1, -0.05) is 181 Å². The van der Waals surface area contributed by atoms with Crippen molar-refractivity contribution in [3.8, 4) is 23.0 Å². The molecule has 322 valence electrons. The lowest BCUT2D eigenvalue weighted by molar-refractivity contribution is 0.302. The number of hydrogen-bond acceptors (Lipinski definition) is 6. The van der Waals surface area contributed by atoms with E-state index in [0.29, 0.717) is 35.8 Å². The Bertz CT molecular complexity index is 1390. The van der Waals surface area contributed by atoms with Gasteiger partial charge in [0, 0.05) is 35.7 Å². The molecular formula is C52H80N2O4. The van der Waals surface area contributed by atoms with E-state index >= 15 is 0 Å². The molecule has 3 rings (SSSR count). The van der Waals surface area contributed by atoms with Crippen molar-refractivity contribution < 1.29 is 19.7 Å². The minimum atomic E-state index is 0.148. The Morgan fingerprint density at radius 1 is 0.379 bits per heavy atom. The smallest absolute Gasteiger partial charge is 0.128 e. The fourth-order valence-corrected chi connectivity index (χ4v) is 7.33. The van der Waals surface area contributed by atoms with Gasteiger partial charge in [-0.25, -0.2) is 0 Å². The highest BCUT2D eigenvalue weighted by atomic mass is 16.5. The van der Waals surface area contributed by atoms with Gasteiger partial charge in [-0.3, -0.25) is 9.98 Å². The molecule has 0 spiro atoms. The van der Waals surface area contributed by atoms with Gasteiger partial charge >= 0.3 is 0 Å². The quantitative estimate of drug-likeness (QED) is 0.0453. The Morgan fingerprint density at radius 2 is 0.655 bits per heavy atom. The fourth-order valence-electron chi connectivity index (χ4n) is 7.33. The lowest BCUT2D eigenvalue weighted by atomic mass is 10.0. The third-order valence-electron chi connectivity index (χ3n) is 11.1. The maximum Gasteiger partial charge on any atom is 0.128 e. The molecular weight excluding hydrogens is 717 g/mol. The average molecular weight is 797 g/mol. The third-order valence-corrected chi connectivity index (χ3v) is 11.1. The predicted octanol–water partition coefficient (Wildman–Crippen LogP) is 16.3. The summed E-state index contributed by atoms with van der Waals surface area (Å²) in [6, 6.07) is 18.3. The van der Waals surface area contributed by atoms with Gasteiger partial charge < -0.3 is 19.7 Å². The first-order valence-electron chi connectivity index (χ1n) is 23.7. The zero-order valence-corrected chi connectivity index (χ0v) is 36.7. The molecule has 6 heteroatoms. The van der Waals surface area contributed by atoms with Crippen LogP contribution in [0.5, 0.6) is 23.0 Å². The average Bonchev–Trinajstić information content (AvgIpc) is 3.23. The van der Waals surface area contributed by atoms with Crippen molar-refractivity contribution in [2.24, 2.45) is 9.98 Å². The predicted molar refractivity (Wildman–Crippen MR) is 249 cm³/mol. The fraction of sp³-hybridized carbons (Fsp3) is 0.615. The molecule has 0 unspecified atom stereocenters. The number of nitrogens with zero attached hydrogens (tertiary/aromatic N) is 2. The van der Waals surface area contributed by atoms with Crippen LogP contribution in [0.1, 0.15) is 205 Å². The van der Waals surface area contributed by atoms with Crippen LogP contribution in [-0.2, 0) is 0 Å². The van der Waals surface area contributed by atoms with Crippen molar-refractivity contribution >= 4 is 23.8 Å². The highest BCUT2D eigenvalue weighted by molar-refractivity contribution is 5.87. The number of unbranched alkanes of at least 4 members (excludes halogenated alkanes) is 26. The summed E-state index contributed by atoms with van der Waals surface area (Å²) in [5.74, 6) is 1.66. The SMILES string of the molecule is CCCCCCCCCCCCCCCCOc1ccc(C=Nc2ccc(N=Cc3ccc(OCCCCCCCCCCCCCCCC)cc3O)cc2)c(O)c1. The lowest BCUT2D eigenvalue weighted by Crippen LogP contribution is -1.97. The van der Waals surface area contributed by atoms with Gasteiger partial charge in [0.05, 0.1) is 24.6 Å². The minimum absolute atomic E-state index is 0.148. The van der Waals surface area contributed by atoms with Crippen molar-refractivity contribution in [2.75, 3.05) is 13.2 Å². The third kappa shape index (κ3) is 23.6. The van der Waals surface area contributed by atoms with Crippen molar-refractivity contribution in [3.63, 3.8) is 0 Å². The largest absolute Gasteiger partial charge is 0.507 e. The molecule has 0 saturated heterocycles. The van der Waals surface area contributed by atoms with Gasteiger partial charge in [0.15, 0.2) is 0 Å². The topological polar surface area (TPSA) is 83.6 Å². The summed E-state index contributed by atoms with van der Waals surface area (Å²) in [4.78, 5) is 9.07. The van der Waals surface area contributed by atoms with E-state index in [-0.39, 0.29) is 11.5 Å². The van der Waals surface area contributed by atoms with E-state index in [4.69, 9.17) is 9.47 Å². The van der Waals surface area contributed by atoms with Gasteiger partial charge in [-0.2, -0.15) is 0 Å². The number of aromatic hydroxyl groups is 2. The Labute approximate surface area is 354 Å². The minimum Gasteiger partial charge on any atom is -0.507 e. The molecule has 3 aromatic carbocycles. The summed E-state index contributed by atoms with van der Waals surface area (Å²) in [7, 11) is 0. The van der Waals surface area contributed by atoms with Crippen LogP contribution in [0, 0.1) is 0 Å². The van der Waals surface area contributed by atoms with Crippen LogP contribution in [0.25, 0.3) is 0 Å². The van der Waals surface area contributed by atoms with Crippen LogP contribution >= 0.6 is 0 Å². The van der Waals surface area contributed by atoms with E-state index in [9.17, 15) is 10.2 Å². The Kier molecular flexibility index (Phi) is 27.7. The van der Waals surface area contributed by atoms with Crippen LogP contribution in [0.15, 0.2) is 70.6 Å². The lowest BCUT2D eigenvalue weighted by Gasteiger charge is -2.08. The van der Waals surface area contributed by atoms with Gasteiger partial charge in [0.2, 0.25) is 0 Å². The number of ether oxygens (including phenoxy) is 2. The number of phenols is 2. The molecule has 2 N–H and O–H groups in total. The molecule has 0 bridgehead atoms. The Hall–Kier alpha value is -3.80. The number of aliphatic imine (C=N–C) groups is 2. The van der Waals surface area contributed by atoms with Gasteiger partial charge in [0.25, 0.3) is 0 Å². The van der Waals surface area contributed by atoms with Gasteiger partial charge in [-0.05, 0) is 61.4 Å². The maximum absolute atomic E-state index is 10.6. The molecule has 58 heavy (non-hydrogen) atoms. The van der Waals surface area contributed by atoms with Crippen molar-refractivity contribution in [2.45, 2.75) is 194 Å². The Balaban J connectivity index is 1.24. The second-order valence-electron chi connectivity index (χ2n) is 16.4. The zero-order chi connectivity index (χ0) is 41.1. The van der Waals surface area contributed by atoms with E-state index in [0.717, 1.165) is 24.2 Å². The first kappa shape index (κ1) is 48.6. The zero-order valence-electron chi connectivity index (χ0n) is 36.7. The highest BCUT2D eigenvalue weighted by Gasteiger charge is 2.05. The first-order chi connectivity index (χ1) is 28.6. The monoisotopic (exact) mass is 797 g/mol. The van der Waals surface area contributed by atoms with E-state index in [1.54, 1.807) is 24.6 Å². The number of phenolic OH excluding ortho intramolecular Hbond substituents is 2.